The Hall–Kier alpha value is -2.50. The summed E-state index contributed by atoms with van der Waals surface area (Å²) in [6, 6.07) is 6.97. The van der Waals surface area contributed by atoms with Crippen molar-refractivity contribution in [3.05, 3.63) is 36.0 Å². The largest absolute Gasteiger partial charge is 0.493 e. The molecule has 2 rings (SSSR count). The van der Waals surface area contributed by atoms with Crippen molar-refractivity contribution in [3.8, 4) is 11.5 Å². The second-order valence-electron chi connectivity index (χ2n) is 6.39. The van der Waals surface area contributed by atoms with E-state index in [0.717, 1.165) is 0 Å². The van der Waals surface area contributed by atoms with Crippen molar-refractivity contribution >= 4 is 11.7 Å². The fraction of sp³-hybridized carbons (Fsp3) is 0.444. The third kappa shape index (κ3) is 5.30. The Morgan fingerprint density at radius 3 is 2.50 bits per heavy atom. The molecule has 0 saturated carbocycles. The zero-order valence-corrected chi connectivity index (χ0v) is 14.9. The van der Waals surface area contributed by atoms with Gasteiger partial charge in [0, 0.05) is 30.9 Å². The molecule has 6 heteroatoms. The highest BCUT2D eigenvalue weighted by Gasteiger charge is 2.13. The van der Waals surface area contributed by atoms with Gasteiger partial charge in [0.2, 0.25) is 0 Å². The second-order valence-corrected chi connectivity index (χ2v) is 6.39. The molecular weight excluding hydrogens is 306 g/mol. The number of rotatable bonds is 7. The Morgan fingerprint density at radius 2 is 1.92 bits per heavy atom. The summed E-state index contributed by atoms with van der Waals surface area (Å²) in [5, 5.41) is 6.92. The minimum absolute atomic E-state index is 0.0112. The predicted molar refractivity (Wildman–Crippen MR) is 93.7 cm³/mol. The maximum absolute atomic E-state index is 12.5. The zero-order valence-electron chi connectivity index (χ0n) is 14.9. The number of ether oxygens (including phenoxy) is 2. The van der Waals surface area contributed by atoms with E-state index in [2.05, 4.69) is 24.3 Å². The third-order valence-electron chi connectivity index (χ3n) is 3.05. The summed E-state index contributed by atoms with van der Waals surface area (Å²) in [7, 11) is 1.80. The highest BCUT2D eigenvalue weighted by molar-refractivity contribution is 6.04. The summed E-state index contributed by atoms with van der Waals surface area (Å²) in [5.41, 5.74) is 0.470. The molecule has 0 saturated heterocycles. The van der Waals surface area contributed by atoms with Gasteiger partial charge in [-0.2, -0.15) is 5.10 Å². The lowest BCUT2D eigenvalue weighted by molar-refractivity contribution is 0.102. The predicted octanol–water partition coefficient (Wildman–Crippen LogP) is 3.49. The highest BCUT2D eigenvalue weighted by Crippen LogP contribution is 2.25. The number of nitrogens with one attached hydrogen (secondary N) is 1. The number of anilines is 1. The summed E-state index contributed by atoms with van der Waals surface area (Å²) >= 11 is 0. The zero-order chi connectivity index (χ0) is 17.7. The Bertz CT molecular complexity index is 693. The number of aromatic nitrogens is 2. The van der Waals surface area contributed by atoms with Crippen molar-refractivity contribution in [2.24, 2.45) is 13.0 Å². The van der Waals surface area contributed by atoms with E-state index in [1.807, 2.05) is 13.8 Å². The van der Waals surface area contributed by atoms with Gasteiger partial charge in [0.05, 0.1) is 12.7 Å². The summed E-state index contributed by atoms with van der Waals surface area (Å²) < 4.78 is 13.1. The molecule has 0 fully saturated rings. The van der Waals surface area contributed by atoms with Crippen LogP contribution in [0.15, 0.2) is 30.5 Å². The Kier molecular flexibility index (Phi) is 5.84. The fourth-order valence-electron chi connectivity index (χ4n) is 2.06. The summed E-state index contributed by atoms with van der Waals surface area (Å²) in [6.07, 6.45) is 1.78. The molecule has 6 nitrogen and oxygen atoms in total. The number of hydrogen-bond donors (Lipinski definition) is 1. The lowest BCUT2D eigenvalue weighted by atomic mass is 10.1. The molecule has 0 aliphatic rings. The molecule has 1 amide bonds. The first-order valence-corrected chi connectivity index (χ1v) is 8.09. The molecule has 1 N–H and O–H groups in total. The molecule has 24 heavy (non-hydrogen) atoms. The number of amides is 1. The molecule has 0 aliphatic carbocycles. The van der Waals surface area contributed by atoms with E-state index in [0.29, 0.717) is 35.4 Å². The quantitative estimate of drug-likeness (QED) is 0.843. The van der Waals surface area contributed by atoms with Crippen LogP contribution in [-0.2, 0) is 7.05 Å². The van der Waals surface area contributed by atoms with Crippen molar-refractivity contribution in [1.29, 1.82) is 0 Å². The number of benzene rings is 1. The monoisotopic (exact) mass is 331 g/mol. The normalized spacial score (nSPS) is 11.0. The standard InChI is InChI=1S/C18H25N3O3/c1-12(2)11-23-15-8-14(9-16(10-15)24-13(3)4)18(22)19-17-6-7-21(5)20-17/h6-10,12-13H,11H2,1-5H3,(H,19,20,22). The van der Waals surface area contributed by atoms with Crippen LogP contribution in [0.5, 0.6) is 11.5 Å². The van der Waals surface area contributed by atoms with Crippen LogP contribution in [0.4, 0.5) is 5.82 Å². The van der Waals surface area contributed by atoms with Crippen molar-refractivity contribution in [2.75, 3.05) is 11.9 Å². The highest BCUT2D eigenvalue weighted by atomic mass is 16.5. The van der Waals surface area contributed by atoms with Gasteiger partial charge >= 0.3 is 0 Å². The number of carbonyl (C=O) groups is 1. The van der Waals surface area contributed by atoms with Gasteiger partial charge in [-0.3, -0.25) is 9.48 Å². The van der Waals surface area contributed by atoms with Gasteiger partial charge in [-0.1, -0.05) is 13.8 Å². The van der Waals surface area contributed by atoms with E-state index in [-0.39, 0.29) is 12.0 Å². The van der Waals surface area contributed by atoms with Gasteiger partial charge in [-0.15, -0.1) is 0 Å². The van der Waals surface area contributed by atoms with E-state index in [4.69, 9.17) is 9.47 Å². The van der Waals surface area contributed by atoms with Gasteiger partial charge in [-0.25, -0.2) is 0 Å². The van der Waals surface area contributed by atoms with E-state index in [1.54, 1.807) is 42.2 Å². The van der Waals surface area contributed by atoms with Crippen LogP contribution in [0.1, 0.15) is 38.1 Å². The maximum atomic E-state index is 12.5. The summed E-state index contributed by atoms with van der Waals surface area (Å²) in [5.74, 6) is 1.87. The number of aryl methyl sites for hydroxylation is 1. The fourth-order valence-corrected chi connectivity index (χ4v) is 2.06. The minimum Gasteiger partial charge on any atom is -0.493 e. The van der Waals surface area contributed by atoms with Crippen LogP contribution >= 0.6 is 0 Å². The molecule has 0 spiro atoms. The van der Waals surface area contributed by atoms with Crippen LogP contribution < -0.4 is 14.8 Å². The lowest BCUT2D eigenvalue weighted by Gasteiger charge is -2.15. The number of hydrogen-bond acceptors (Lipinski definition) is 4. The van der Waals surface area contributed by atoms with Crippen molar-refractivity contribution < 1.29 is 14.3 Å². The molecule has 0 aliphatic heterocycles. The second kappa shape index (κ2) is 7.86. The van der Waals surface area contributed by atoms with Crippen molar-refractivity contribution in [1.82, 2.24) is 9.78 Å². The van der Waals surface area contributed by atoms with Gasteiger partial charge in [0.1, 0.15) is 11.5 Å². The Balaban J connectivity index is 2.22. The first kappa shape index (κ1) is 17.8. The Morgan fingerprint density at radius 1 is 1.21 bits per heavy atom. The summed E-state index contributed by atoms with van der Waals surface area (Å²) in [6.45, 7) is 8.60. The van der Waals surface area contributed by atoms with E-state index >= 15 is 0 Å². The molecule has 1 aromatic heterocycles. The van der Waals surface area contributed by atoms with E-state index in [1.165, 1.54) is 0 Å². The molecular formula is C18H25N3O3. The van der Waals surface area contributed by atoms with E-state index in [9.17, 15) is 4.79 Å². The summed E-state index contributed by atoms with van der Waals surface area (Å²) in [4.78, 5) is 12.5. The molecule has 0 atom stereocenters. The topological polar surface area (TPSA) is 65.4 Å². The van der Waals surface area contributed by atoms with Crippen LogP contribution in [0.2, 0.25) is 0 Å². The first-order valence-electron chi connectivity index (χ1n) is 8.09. The lowest BCUT2D eigenvalue weighted by Crippen LogP contribution is -2.14. The maximum Gasteiger partial charge on any atom is 0.257 e. The molecule has 0 unspecified atom stereocenters. The Labute approximate surface area is 142 Å². The van der Waals surface area contributed by atoms with Crippen molar-refractivity contribution in [2.45, 2.75) is 33.8 Å². The molecule has 2 aromatic rings. The number of carbonyl (C=O) groups excluding carboxylic acids is 1. The average Bonchev–Trinajstić information content (AvgIpc) is 2.89. The molecule has 0 radical (unpaired) electrons. The minimum atomic E-state index is -0.252. The average molecular weight is 331 g/mol. The van der Waals surface area contributed by atoms with Gasteiger partial charge in [0.25, 0.3) is 5.91 Å². The van der Waals surface area contributed by atoms with Crippen LogP contribution in [0.25, 0.3) is 0 Å². The van der Waals surface area contributed by atoms with Crippen LogP contribution in [0, 0.1) is 5.92 Å². The van der Waals surface area contributed by atoms with E-state index < -0.39 is 0 Å². The van der Waals surface area contributed by atoms with Crippen LogP contribution in [0.3, 0.4) is 0 Å². The molecule has 1 aromatic carbocycles. The molecule has 0 bridgehead atoms. The van der Waals surface area contributed by atoms with Gasteiger partial charge in [0.15, 0.2) is 5.82 Å². The third-order valence-corrected chi connectivity index (χ3v) is 3.05. The first-order chi connectivity index (χ1) is 11.3. The van der Waals surface area contributed by atoms with Crippen LogP contribution in [-0.4, -0.2) is 28.4 Å². The smallest absolute Gasteiger partial charge is 0.257 e. The van der Waals surface area contributed by atoms with Gasteiger partial charge < -0.3 is 14.8 Å². The molecule has 1 heterocycles. The SMILES string of the molecule is CC(C)COc1cc(OC(C)C)cc(C(=O)Nc2ccn(C)n2)c1. The molecule has 130 valence electrons. The van der Waals surface area contributed by atoms with Crippen molar-refractivity contribution in [3.63, 3.8) is 0 Å². The van der Waals surface area contributed by atoms with Gasteiger partial charge in [-0.05, 0) is 31.9 Å². The number of nitrogens with zero attached hydrogens (tertiary/aromatic N) is 2.